The zero-order valence-corrected chi connectivity index (χ0v) is 10.5. The fourth-order valence-corrected chi connectivity index (χ4v) is 2.32. The van der Waals surface area contributed by atoms with Gasteiger partial charge in [0.25, 0.3) is 0 Å². The predicted molar refractivity (Wildman–Crippen MR) is 70.1 cm³/mol. The fraction of sp³-hybridized carbons (Fsp3) is 0.222. The van der Waals surface area contributed by atoms with E-state index in [9.17, 15) is 0 Å². The summed E-state index contributed by atoms with van der Waals surface area (Å²) in [4.78, 5) is 6.60. The second-order valence-electron chi connectivity index (χ2n) is 3.31. The first-order chi connectivity index (χ1) is 7.58. The van der Waals surface area contributed by atoms with Crippen molar-refractivity contribution in [3.8, 4) is 0 Å². The summed E-state index contributed by atoms with van der Waals surface area (Å²) in [5.74, 6) is 0. The smallest absolute Gasteiger partial charge is 0.194 e. The van der Waals surface area contributed by atoms with Gasteiger partial charge in [0.05, 0.1) is 17.6 Å². The lowest BCUT2D eigenvalue weighted by molar-refractivity contribution is 1.03. The molecular weight excluding hydrogens is 242 g/mol. The molecule has 0 amide bonds. The van der Waals surface area contributed by atoms with Crippen molar-refractivity contribution >= 4 is 39.8 Å². The number of hydrogen-bond donors (Lipinski definition) is 2. The molecule has 2 rings (SSSR count). The molecule has 2 aromatic heterocycles. The molecule has 0 radical (unpaired) electrons. The van der Waals surface area contributed by atoms with E-state index in [1.165, 1.54) is 4.88 Å². The second kappa shape index (κ2) is 4.18. The summed E-state index contributed by atoms with van der Waals surface area (Å²) in [5, 5.41) is 4.09. The van der Waals surface area contributed by atoms with Crippen LogP contribution in [0.25, 0.3) is 4.96 Å². The third-order valence-corrected chi connectivity index (χ3v) is 3.01. The fourth-order valence-electron chi connectivity index (χ4n) is 1.39. The molecule has 0 unspecified atom stereocenters. The van der Waals surface area contributed by atoms with Crippen molar-refractivity contribution in [3.63, 3.8) is 0 Å². The Balaban J connectivity index is 2.38. The van der Waals surface area contributed by atoms with Gasteiger partial charge in [-0.05, 0) is 26.1 Å². The molecule has 3 N–H and O–H groups in total. The molecule has 7 heteroatoms. The van der Waals surface area contributed by atoms with E-state index in [0.29, 0.717) is 0 Å². The van der Waals surface area contributed by atoms with Crippen LogP contribution in [-0.4, -0.2) is 20.7 Å². The van der Waals surface area contributed by atoms with Gasteiger partial charge in [0, 0.05) is 11.1 Å². The third-order valence-electron chi connectivity index (χ3n) is 2.02. The molecule has 0 bridgehead atoms. The SMILES string of the molecule is Cc1cn2c(C=NNC(N)=S)c(C)nc2s1. The maximum atomic E-state index is 5.27. The van der Waals surface area contributed by atoms with Gasteiger partial charge in [-0.2, -0.15) is 5.10 Å². The van der Waals surface area contributed by atoms with Crippen LogP contribution in [-0.2, 0) is 0 Å². The number of hydrazone groups is 1. The summed E-state index contributed by atoms with van der Waals surface area (Å²) in [7, 11) is 0. The van der Waals surface area contributed by atoms with E-state index in [4.69, 9.17) is 5.73 Å². The molecular formula is C9H11N5S2. The zero-order valence-electron chi connectivity index (χ0n) is 8.89. The Labute approximate surface area is 102 Å². The van der Waals surface area contributed by atoms with Crippen LogP contribution in [0.5, 0.6) is 0 Å². The molecule has 2 heterocycles. The largest absolute Gasteiger partial charge is 0.375 e. The standard InChI is InChI=1S/C9H11N5S2/c1-5-4-14-7(3-11-13-8(10)15)6(2)12-9(14)16-5/h3-4H,1-2H3,(H3,10,13,15). The number of thiocarbonyl (C=S) groups is 1. The van der Waals surface area contributed by atoms with Crippen LogP contribution in [0, 0.1) is 13.8 Å². The van der Waals surface area contributed by atoms with Crippen molar-refractivity contribution in [2.24, 2.45) is 10.8 Å². The number of aromatic nitrogens is 2. The van der Waals surface area contributed by atoms with Crippen LogP contribution >= 0.6 is 23.6 Å². The first kappa shape index (κ1) is 11.0. The van der Waals surface area contributed by atoms with E-state index in [1.807, 2.05) is 24.4 Å². The number of rotatable bonds is 2. The normalized spacial score (nSPS) is 11.4. The van der Waals surface area contributed by atoms with Crippen LogP contribution < -0.4 is 11.2 Å². The Hall–Kier alpha value is -1.47. The van der Waals surface area contributed by atoms with Crippen molar-refractivity contribution in [2.45, 2.75) is 13.8 Å². The van der Waals surface area contributed by atoms with E-state index in [0.717, 1.165) is 16.3 Å². The molecule has 0 spiro atoms. The summed E-state index contributed by atoms with van der Waals surface area (Å²) in [6.07, 6.45) is 3.70. The summed E-state index contributed by atoms with van der Waals surface area (Å²) in [5.41, 5.74) is 9.66. The van der Waals surface area contributed by atoms with Crippen LogP contribution in [0.1, 0.15) is 16.3 Å². The number of thiazole rings is 1. The third kappa shape index (κ3) is 2.05. The van der Waals surface area contributed by atoms with Gasteiger partial charge in [-0.15, -0.1) is 11.3 Å². The molecule has 5 nitrogen and oxygen atoms in total. The molecule has 0 aromatic carbocycles. The molecule has 84 valence electrons. The quantitative estimate of drug-likeness (QED) is 0.479. The Kier molecular flexibility index (Phi) is 2.88. The van der Waals surface area contributed by atoms with Gasteiger partial charge >= 0.3 is 0 Å². The van der Waals surface area contributed by atoms with Crippen LogP contribution in [0.2, 0.25) is 0 Å². The highest BCUT2D eigenvalue weighted by Crippen LogP contribution is 2.19. The van der Waals surface area contributed by atoms with Gasteiger partial charge in [0.1, 0.15) is 0 Å². The highest BCUT2D eigenvalue weighted by atomic mass is 32.1. The van der Waals surface area contributed by atoms with E-state index >= 15 is 0 Å². The maximum Gasteiger partial charge on any atom is 0.194 e. The minimum Gasteiger partial charge on any atom is -0.375 e. The molecule has 0 atom stereocenters. The van der Waals surface area contributed by atoms with Crippen LogP contribution in [0.15, 0.2) is 11.3 Å². The molecule has 0 fully saturated rings. The van der Waals surface area contributed by atoms with Crippen molar-refractivity contribution in [3.05, 3.63) is 22.5 Å². The van der Waals surface area contributed by atoms with E-state index in [1.54, 1.807) is 17.6 Å². The molecule has 0 aliphatic heterocycles. The topological polar surface area (TPSA) is 67.7 Å². The van der Waals surface area contributed by atoms with Crippen molar-refractivity contribution in [1.29, 1.82) is 0 Å². The number of nitrogens with two attached hydrogens (primary N) is 1. The number of aryl methyl sites for hydroxylation is 2. The summed E-state index contributed by atoms with van der Waals surface area (Å²) < 4.78 is 2.00. The highest BCUT2D eigenvalue weighted by Gasteiger charge is 2.08. The van der Waals surface area contributed by atoms with Crippen LogP contribution in [0.4, 0.5) is 0 Å². The van der Waals surface area contributed by atoms with Crippen molar-refractivity contribution in [2.75, 3.05) is 0 Å². The molecule has 0 saturated heterocycles. The first-order valence-electron chi connectivity index (χ1n) is 4.61. The summed E-state index contributed by atoms with van der Waals surface area (Å²) in [6.45, 7) is 3.99. The van der Waals surface area contributed by atoms with Crippen molar-refractivity contribution < 1.29 is 0 Å². The van der Waals surface area contributed by atoms with Gasteiger partial charge in [0.15, 0.2) is 10.1 Å². The molecule has 0 aliphatic carbocycles. The first-order valence-corrected chi connectivity index (χ1v) is 5.84. The number of imidazole rings is 1. The zero-order chi connectivity index (χ0) is 11.7. The maximum absolute atomic E-state index is 5.27. The van der Waals surface area contributed by atoms with Gasteiger partial charge in [-0.25, -0.2) is 4.98 Å². The highest BCUT2D eigenvalue weighted by molar-refractivity contribution is 7.80. The lowest BCUT2D eigenvalue weighted by atomic mass is 10.4. The van der Waals surface area contributed by atoms with Gasteiger partial charge in [-0.1, -0.05) is 0 Å². The monoisotopic (exact) mass is 253 g/mol. The minimum absolute atomic E-state index is 0.149. The number of hydrogen-bond acceptors (Lipinski definition) is 4. The summed E-state index contributed by atoms with van der Waals surface area (Å²) in [6, 6.07) is 0. The Morgan fingerprint density at radius 2 is 2.44 bits per heavy atom. The van der Waals surface area contributed by atoms with E-state index < -0.39 is 0 Å². The predicted octanol–water partition coefficient (Wildman–Crippen LogP) is 1.18. The average molecular weight is 253 g/mol. The van der Waals surface area contributed by atoms with E-state index in [2.05, 4.69) is 27.7 Å². The number of nitrogens with one attached hydrogen (secondary N) is 1. The second-order valence-corrected chi connectivity index (χ2v) is 4.96. The lowest BCUT2D eigenvalue weighted by Gasteiger charge is -1.94. The lowest BCUT2D eigenvalue weighted by Crippen LogP contribution is -2.24. The minimum atomic E-state index is 0.149. The molecule has 0 saturated carbocycles. The Bertz CT molecular complexity index is 566. The average Bonchev–Trinajstić information content (AvgIpc) is 2.64. The number of nitrogens with zero attached hydrogens (tertiary/aromatic N) is 3. The molecule has 0 aliphatic rings. The molecule has 2 aromatic rings. The van der Waals surface area contributed by atoms with E-state index in [-0.39, 0.29) is 5.11 Å². The summed E-state index contributed by atoms with van der Waals surface area (Å²) >= 11 is 6.30. The van der Waals surface area contributed by atoms with Crippen molar-refractivity contribution in [1.82, 2.24) is 14.8 Å². The Morgan fingerprint density at radius 1 is 1.69 bits per heavy atom. The molecule has 16 heavy (non-hydrogen) atoms. The number of fused-ring (bicyclic) bond motifs is 1. The Morgan fingerprint density at radius 3 is 3.12 bits per heavy atom. The van der Waals surface area contributed by atoms with Gasteiger partial charge < -0.3 is 5.73 Å². The van der Waals surface area contributed by atoms with Gasteiger partial charge in [-0.3, -0.25) is 9.83 Å². The van der Waals surface area contributed by atoms with Crippen LogP contribution in [0.3, 0.4) is 0 Å². The van der Waals surface area contributed by atoms with Gasteiger partial charge in [0.2, 0.25) is 0 Å².